The molecule has 1 aromatic rings. The Morgan fingerprint density at radius 1 is 1.53 bits per heavy atom. The van der Waals surface area contributed by atoms with E-state index in [0.29, 0.717) is 17.7 Å². The van der Waals surface area contributed by atoms with Crippen LogP contribution >= 0.6 is 0 Å². The number of hydrogen-bond acceptors (Lipinski definition) is 3. The third-order valence-electron chi connectivity index (χ3n) is 2.89. The van der Waals surface area contributed by atoms with Crippen molar-refractivity contribution in [1.29, 1.82) is 0 Å². The molecule has 2 N–H and O–H groups in total. The van der Waals surface area contributed by atoms with Gasteiger partial charge in [0.1, 0.15) is 5.75 Å². The first-order valence-corrected chi connectivity index (χ1v) is 4.71. The summed E-state index contributed by atoms with van der Waals surface area (Å²) in [4.78, 5) is 11.0. The zero-order chi connectivity index (χ0) is 11.1. The Morgan fingerprint density at radius 3 is 2.87 bits per heavy atom. The van der Waals surface area contributed by atoms with Gasteiger partial charge < -0.3 is 14.9 Å². The lowest BCUT2D eigenvalue weighted by atomic mass is 9.96. The summed E-state index contributed by atoms with van der Waals surface area (Å²) in [5.41, 5.74) is -0.497. The highest BCUT2D eigenvalue weighted by Crippen LogP contribution is 2.41. The third kappa shape index (κ3) is 1.29. The predicted octanol–water partition coefficient (Wildman–Crippen LogP) is 0.914. The first-order chi connectivity index (χ1) is 7.09. The molecule has 0 aromatic heterocycles. The number of rotatable bonds is 2. The van der Waals surface area contributed by atoms with Crippen LogP contribution in [0.15, 0.2) is 18.2 Å². The highest BCUT2D eigenvalue weighted by molar-refractivity contribution is 5.81. The molecular weight excluding hydrogens is 196 g/mol. The number of carboxylic acid groups (broad SMARTS) is 1. The van der Waals surface area contributed by atoms with Gasteiger partial charge in [-0.05, 0) is 18.9 Å². The minimum absolute atomic E-state index is 0.206. The van der Waals surface area contributed by atoms with Crippen LogP contribution in [0.1, 0.15) is 17.5 Å². The number of carboxylic acids is 1. The Labute approximate surface area is 87.1 Å². The van der Waals surface area contributed by atoms with Crippen molar-refractivity contribution in [2.75, 3.05) is 7.11 Å². The zero-order valence-electron chi connectivity index (χ0n) is 8.36. The fourth-order valence-electron chi connectivity index (χ4n) is 2.06. The number of methoxy groups -OCH3 is 1. The lowest BCUT2D eigenvalue weighted by molar-refractivity contribution is -0.159. The number of benzene rings is 1. The maximum absolute atomic E-state index is 11.0. The first-order valence-electron chi connectivity index (χ1n) is 4.71. The number of ether oxygens (including phenoxy) is 1. The lowest BCUT2D eigenvalue weighted by Gasteiger charge is -2.18. The Balaban J connectivity index is 2.57. The van der Waals surface area contributed by atoms with Crippen molar-refractivity contribution in [1.82, 2.24) is 0 Å². The molecular formula is C11H12O4. The van der Waals surface area contributed by atoms with Crippen LogP contribution in [-0.2, 0) is 16.8 Å². The highest BCUT2D eigenvalue weighted by atomic mass is 16.5. The molecule has 0 heterocycles. The minimum Gasteiger partial charge on any atom is -0.496 e. The van der Waals surface area contributed by atoms with Gasteiger partial charge in [-0.15, -0.1) is 0 Å². The van der Waals surface area contributed by atoms with Crippen molar-refractivity contribution in [2.45, 2.75) is 18.4 Å². The van der Waals surface area contributed by atoms with Gasteiger partial charge in [0.05, 0.1) is 7.11 Å². The fraction of sp³-hybridized carbons (Fsp3) is 0.364. The zero-order valence-corrected chi connectivity index (χ0v) is 8.36. The minimum atomic E-state index is -1.75. The van der Waals surface area contributed by atoms with Crippen LogP contribution in [0.25, 0.3) is 0 Å². The fourth-order valence-corrected chi connectivity index (χ4v) is 2.06. The molecule has 0 bridgehead atoms. The van der Waals surface area contributed by atoms with Gasteiger partial charge in [0.2, 0.25) is 0 Å². The third-order valence-corrected chi connectivity index (χ3v) is 2.89. The van der Waals surface area contributed by atoms with E-state index in [9.17, 15) is 9.90 Å². The van der Waals surface area contributed by atoms with Crippen molar-refractivity contribution >= 4 is 5.97 Å². The predicted molar refractivity (Wildman–Crippen MR) is 52.8 cm³/mol. The molecule has 0 amide bonds. The average molecular weight is 208 g/mol. The van der Waals surface area contributed by atoms with Crippen LogP contribution in [0.5, 0.6) is 5.75 Å². The lowest BCUT2D eigenvalue weighted by Crippen LogP contribution is -2.32. The smallest absolute Gasteiger partial charge is 0.340 e. The second-order valence-electron chi connectivity index (χ2n) is 3.65. The van der Waals surface area contributed by atoms with E-state index in [4.69, 9.17) is 9.84 Å². The summed E-state index contributed by atoms with van der Waals surface area (Å²) in [6, 6.07) is 5.10. The molecule has 0 fully saturated rings. The number of hydrogen-bond donors (Lipinski definition) is 2. The summed E-state index contributed by atoms with van der Waals surface area (Å²) in [6.45, 7) is 0. The number of aliphatic hydroxyl groups is 1. The Hall–Kier alpha value is -1.55. The summed E-state index contributed by atoms with van der Waals surface area (Å²) in [5, 5.41) is 19.0. The maximum atomic E-state index is 11.0. The molecule has 1 atom stereocenters. The van der Waals surface area contributed by atoms with Gasteiger partial charge in [-0.2, -0.15) is 0 Å². The Morgan fingerprint density at radius 2 is 2.27 bits per heavy atom. The van der Waals surface area contributed by atoms with Gasteiger partial charge >= 0.3 is 5.97 Å². The molecule has 1 aromatic carbocycles. The van der Waals surface area contributed by atoms with E-state index in [1.165, 1.54) is 7.11 Å². The standard InChI is InChI=1S/C11H12O4/c1-15-9-4-2-3-8-7(9)5-6-11(8,14)10(12)13/h2-4,14H,5-6H2,1H3,(H,12,13). The SMILES string of the molecule is COc1cccc2c1CCC2(O)C(=O)O. The van der Waals surface area contributed by atoms with Crippen LogP contribution in [0.4, 0.5) is 0 Å². The first kappa shape index (κ1) is 9.98. The molecule has 2 rings (SSSR count). The Bertz CT molecular complexity index is 413. The number of carbonyl (C=O) groups is 1. The molecule has 15 heavy (non-hydrogen) atoms. The normalized spacial score (nSPS) is 23.6. The number of fused-ring (bicyclic) bond motifs is 1. The average Bonchev–Trinajstić information content (AvgIpc) is 2.58. The molecule has 4 nitrogen and oxygen atoms in total. The van der Waals surface area contributed by atoms with E-state index in [2.05, 4.69) is 0 Å². The van der Waals surface area contributed by atoms with Crippen molar-refractivity contribution in [2.24, 2.45) is 0 Å². The van der Waals surface area contributed by atoms with Crippen LogP contribution < -0.4 is 4.74 Å². The van der Waals surface area contributed by atoms with Crippen molar-refractivity contribution in [3.05, 3.63) is 29.3 Å². The van der Waals surface area contributed by atoms with Gasteiger partial charge in [0.15, 0.2) is 5.60 Å². The van der Waals surface area contributed by atoms with Gasteiger partial charge in [0.25, 0.3) is 0 Å². The van der Waals surface area contributed by atoms with Crippen LogP contribution in [0, 0.1) is 0 Å². The summed E-state index contributed by atoms with van der Waals surface area (Å²) in [5.74, 6) is -0.556. The molecule has 4 heteroatoms. The van der Waals surface area contributed by atoms with Gasteiger partial charge in [-0.1, -0.05) is 12.1 Å². The van der Waals surface area contributed by atoms with Crippen LogP contribution in [0.2, 0.25) is 0 Å². The van der Waals surface area contributed by atoms with E-state index < -0.39 is 11.6 Å². The molecule has 0 aliphatic heterocycles. The monoisotopic (exact) mass is 208 g/mol. The van der Waals surface area contributed by atoms with E-state index in [1.807, 2.05) is 0 Å². The van der Waals surface area contributed by atoms with Crippen molar-refractivity contribution < 1.29 is 19.7 Å². The van der Waals surface area contributed by atoms with Crippen molar-refractivity contribution in [3.63, 3.8) is 0 Å². The topological polar surface area (TPSA) is 66.8 Å². The molecule has 0 saturated carbocycles. The van der Waals surface area contributed by atoms with Gasteiger partial charge in [-0.25, -0.2) is 4.79 Å². The highest BCUT2D eigenvalue weighted by Gasteiger charge is 2.44. The van der Waals surface area contributed by atoms with E-state index in [0.717, 1.165) is 5.56 Å². The number of aliphatic carboxylic acids is 1. The molecule has 0 saturated heterocycles. The van der Waals surface area contributed by atoms with Crippen LogP contribution in [0.3, 0.4) is 0 Å². The summed E-state index contributed by atoms with van der Waals surface area (Å²) in [7, 11) is 1.54. The second-order valence-corrected chi connectivity index (χ2v) is 3.65. The largest absolute Gasteiger partial charge is 0.496 e. The molecule has 1 aliphatic rings. The van der Waals surface area contributed by atoms with Crippen LogP contribution in [-0.4, -0.2) is 23.3 Å². The molecule has 1 aliphatic carbocycles. The van der Waals surface area contributed by atoms with Gasteiger partial charge in [0, 0.05) is 11.1 Å². The van der Waals surface area contributed by atoms with E-state index in [1.54, 1.807) is 18.2 Å². The summed E-state index contributed by atoms with van der Waals surface area (Å²) in [6.07, 6.45) is 0.736. The molecule has 0 radical (unpaired) electrons. The van der Waals surface area contributed by atoms with Crippen molar-refractivity contribution in [3.8, 4) is 5.75 Å². The molecule has 80 valence electrons. The summed E-state index contributed by atoms with van der Waals surface area (Å²) >= 11 is 0. The van der Waals surface area contributed by atoms with Gasteiger partial charge in [-0.3, -0.25) is 0 Å². The quantitative estimate of drug-likeness (QED) is 0.758. The van der Waals surface area contributed by atoms with E-state index >= 15 is 0 Å². The summed E-state index contributed by atoms with van der Waals surface area (Å²) < 4.78 is 5.13. The molecule has 1 unspecified atom stereocenters. The maximum Gasteiger partial charge on any atom is 0.340 e. The Kier molecular flexibility index (Phi) is 2.16. The van der Waals surface area contributed by atoms with E-state index in [-0.39, 0.29) is 6.42 Å². The second kappa shape index (κ2) is 3.24. The molecule has 0 spiro atoms.